The van der Waals surface area contributed by atoms with Gasteiger partial charge in [-0.15, -0.1) is 0 Å². The van der Waals surface area contributed by atoms with Crippen LogP contribution in [0.5, 0.6) is 5.75 Å². The molecule has 0 aromatic heterocycles. The van der Waals surface area contributed by atoms with Gasteiger partial charge in [-0.2, -0.15) is 0 Å². The van der Waals surface area contributed by atoms with Gasteiger partial charge < -0.3 is 10.5 Å². The molecule has 0 spiro atoms. The van der Waals surface area contributed by atoms with E-state index in [9.17, 15) is 0 Å². The van der Waals surface area contributed by atoms with Gasteiger partial charge in [0.05, 0.1) is 12.3 Å². The Kier molecular flexibility index (Phi) is 5.76. The Labute approximate surface area is 98.8 Å². The molecule has 2 nitrogen and oxygen atoms in total. The fourth-order valence-electron chi connectivity index (χ4n) is 1.72. The molecule has 0 saturated heterocycles. The van der Waals surface area contributed by atoms with Gasteiger partial charge in [0.1, 0.15) is 5.75 Å². The number of hydrogen-bond donors (Lipinski definition) is 1. The van der Waals surface area contributed by atoms with Crippen LogP contribution in [0.25, 0.3) is 0 Å². The van der Waals surface area contributed by atoms with Crippen LogP contribution in [0.1, 0.15) is 39.5 Å². The molecule has 1 unspecified atom stereocenters. The Balaban J connectivity index is 2.40. The van der Waals surface area contributed by atoms with Crippen LogP contribution in [0.2, 0.25) is 0 Å². The van der Waals surface area contributed by atoms with E-state index >= 15 is 0 Å². The van der Waals surface area contributed by atoms with Crippen molar-refractivity contribution < 1.29 is 4.74 Å². The summed E-state index contributed by atoms with van der Waals surface area (Å²) in [6, 6.07) is 7.69. The minimum absolute atomic E-state index is 0.652. The lowest BCUT2D eigenvalue weighted by Crippen LogP contribution is -2.12. The molecule has 0 aliphatic rings. The first-order valence-corrected chi connectivity index (χ1v) is 6.25. The van der Waals surface area contributed by atoms with Crippen LogP contribution in [-0.4, -0.2) is 6.61 Å². The van der Waals surface area contributed by atoms with E-state index in [1.165, 1.54) is 25.7 Å². The molecule has 1 aromatic rings. The summed E-state index contributed by atoms with van der Waals surface area (Å²) >= 11 is 0. The fraction of sp³-hybridized carbons (Fsp3) is 0.571. The molecule has 2 N–H and O–H groups in total. The average molecular weight is 221 g/mol. The van der Waals surface area contributed by atoms with Gasteiger partial charge in [0.25, 0.3) is 0 Å². The summed E-state index contributed by atoms with van der Waals surface area (Å²) in [4.78, 5) is 0. The van der Waals surface area contributed by atoms with Gasteiger partial charge >= 0.3 is 0 Å². The molecule has 90 valence electrons. The van der Waals surface area contributed by atoms with E-state index in [0.29, 0.717) is 5.92 Å². The zero-order valence-electron chi connectivity index (χ0n) is 10.4. The molecular weight excluding hydrogens is 198 g/mol. The quantitative estimate of drug-likeness (QED) is 0.709. The van der Waals surface area contributed by atoms with Crippen molar-refractivity contribution in [2.45, 2.75) is 39.5 Å². The highest BCUT2D eigenvalue weighted by molar-refractivity contribution is 5.51. The van der Waals surface area contributed by atoms with Gasteiger partial charge in [-0.1, -0.05) is 45.2 Å². The van der Waals surface area contributed by atoms with Crippen LogP contribution in [-0.2, 0) is 0 Å². The molecular formula is C14H23NO. The molecule has 0 fully saturated rings. The second-order valence-electron chi connectivity index (χ2n) is 4.27. The Hall–Kier alpha value is -1.18. The minimum Gasteiger partial charge on any atom is -0.491 e. The van der Waals surface area contributed by atoms with Gasteiger partial charge in [0.15, 0.2) is 0 Å². The van der Waals surface area contributed by atoms with E-state index in [0.717, 1.165) is 18.0 Å². The molecule has 0 radical (unpaired) electrons. The maximum absolute atomic E-state index is 5.82. The molecule has 0 bridgehead atoms. The molecule has 0 aliphatic carbocycles. The first-order valence-electron chi connectivity index (χ1n) is 6.25. The van der Waals surface area contributed by atoms with Crippen LogP contribution in [0.15, 0.2) is 24.3 Å². The molecule has 16 heavy (non-hydrogen) atoms. The Bertz CT molecular complexity index is 299. The molecule has 1 rings (SSSR count). The van der Waals surface area contributed by atoms with Gasteiger partial charge in [0, 0.05) is 0 Å². The van der Waals surface area contributed by atoms with Crippen molar-refractivity contribution in [2.75, 3.05) is 12.3 Å². The topological polar surface area (TPSA) is 35.2 Å². The first kappa shape index (κ1) is 12.9. The normalized spacial score (nSPS) is 12.4. The fourth-order valence-corrected chi connectivity index (χ4v) is 1.72. The number of unbranched alkanes of at least 4 members (excludes halogenated alkanes) is 1. The molecule has 0 heterocycles. The molecule has 1 atom stereocenters. The Morgan fingerprint density at radius 2 is 2.00 bits per heavy atom. The zero-order valence-corrected chi connectivity index (χ0v) is 10.4. The Morgan fingerprint density at radius 1 is 1.25 bits per heavy atom. The van der Waals surface area contributed by atoms with Crippen molar-refractivity contribution in [3.05, 3.63) is 24.3 Å². The third-order valence-electron chi connectivity index (χ3n) is 2.94. The van der Waals surface area contributed by atoms with Gasteiger partial charge in [0.2, 0.25) is 0 Å². The van der Waals surface area contributed by atoms with Gasteiger partial charge in [-0.3, -0.25) is 0 Å². The maximum atomic E-state index is 5.82. The summed E-state index contributed by atoms with van der Waals surface area (Å²) in [5.74, 6) is 1.47. The molecule has 1 aromatic carbocycles. The SMILES string of the molecule is CCCCC(CC)COc1ccccc1N. The standard InChI is InChI=1S/C14H23NO/c1-3-5-8-12(4-2)11-16-14-10-7-6-9-13(14)15/h6-7,9-10,12H,3-5,8,11,15H2,1-2H3. The lowest BCUT2D eigenvalue weighted by molar-refractivity contribution is 0.234. The summed E-state index contributed by atoms with van der Waals surface area (Å²) in [7, 11) is 0. The van der Waals surface area contributed by atoms with E-state index < -0.39 is 0 Å². The lowest BCUT2D eigenvalue weighted by atomic mass is 10.0. The van der Waals surface area contributed by atoms with Gasteiger partial charge in [-0.05, 0) is 24.5 Å². The van der Waals surface area contributed by atoms with Crippen molar-refractivity contribution in [3.63, 3.8) is 0 Å². The second kappa shape index (κ2) is 7.15. The lowest BCUT2D eigenvalue weighted by Gasteiger charge is -2.16. The largest absolute Gasteiger partial charge is 0.491 e. The number of nitrogens with two attached hydrogens (primary N) is 1. The highest BCUT2D eigenvalue weighted by Gasteiger charge is 2.07. The number of hydrogen-bond acceptors (Lipinski definition) is 2. The predicted octanol–water partition coefficient (Wildman–Crippen LogP) is 3.86. The highest BCUT2D eigenvalue weighted by atomic mass is 16.5. The molecule has 0 saturated carbocycles. The number of para-hydroxylation sites is 2. The summed E-state index contributed by atoms with van der Waals surface area (Å²) in [6.45, 7) is 5.23. The molecule has 2 heteroatoms. The van der Waals surface area contributed by atoms with Crippen LogP contribution in [0.3, 0.4) is 0 Å². The van der Waals surface area contributed by atoms with E-state index in [4.69, 9.17) is 10.5 Å². The number of nitrogen functional groups attached to an aromatic ring is 1. The minimum atomic E-state index is 0.652. The predicted molar refractivity (Wildman–Crippen MR) is 69.7 cm³/mol. The summed E-state index contributed by atoms with van der Waals surface area (Å²) in [6.07, 6.45) is 4.96. The third-order valence-corrected chi connectivity index (χ3v) is 2.94. The monoisotopic (exact) mass is 221 g/mol. The smallest absolute Gasteiger partial charge is 0.142 e. The summed E-state index contributed by atoms with van der Waals surface area (Å²) < 4.78 is 5.76. The number of rotatable bonds is 7. The average Bonchev–Trinajstić information content (AvgIpc) is 2.31. The van der Waals surface area contributed by atoms with E-state index in [1.54, 1.807) is 0 Å². The van der Waals surface area contributed by atoms with Crippen molar-refractivity contribution >= 4 is 5.69 Å². The summed E-state index contributed by atoms with van der Waals surface area (Å²) in [5, 5.41) is 0. The molecule has 0 aliphatic heterocycles. The van der Waals surface area contributed by atoms with Crippen molar-refractivity contribution in [2.24, 2.45) is 5.92 Å². The maximum Gasteiger partial charge on any atom is 0.142 e. The van der Waals surface area contributed by atoms with Crippen LogP contribution in [0.4, 0.5) is 5.69 Å². The van der Waals surface area contributed by atoms with E-state index in [2.05, 4.69) is 13.8 Å². The van der Waals surface area contributed by atoms with Crippen molar-refractivity contribution in [3.8, 4) is 5.75 Å². The third kappa shape index (κ3) is 4.13. The van der Waals surface area contributed by atoms with Gasteiger partial charge in [-0.25, -0.2) is 0 Å². The van der Waals surface area contributed by atoms with E-state index in [-0.39, 0.29) is 0 Å². The van der Waals surface area contributed by atoms with Crippen LogP contribution >= 0.6 is 0 Å². The zero-order chi connectivity index (χ0) is 11.8. The highest BCUT2D eigenvalue weighted by Crippen LogP contribution is 2.22. The second-order valence-corrected chi connectivity index (χ2v) is 4.27. The first-order chi connectivity index (χ1) is 7.77. The molecule has 0 amide bonds. The summed E-state index contributed by atoms with van der Waals surface area (Å²) in [5.41, 5.74) is 6.55. The van der Waals surface area contributed by atoms with Crippen LogP contribution in [0, 0.1) is 5.92 Å². The number of ether oxygens (including phenoxy) is 1. The number of anilines is 1. The van der Waals surface area contributed by atoms with Crippen molar-refractivity contribution in [1.29, 1.82) is 0 Å². The van der Waals surface area contributed by atoms with Crippen molar-refractivity contribution in [1.82, 2.24) is 0 Å². The van der Waals surface area contributed by atoms with E-state index in [1.807, 2.05) is 24.3 Å². The number of benzene rings is 1. The Morgan fingerprint density at radius 3 is 2.62 bits per heavy atom. The van der Waals surface area contributed by atoms with Crippen LogP contribution < -0.4 is 10.5 Å².